The van der Waals surface area contributed by atoms with Crippen LogP contribution < -0.4 is 5.32 Å². The van der Waals surface area contributed by atoms with Crippen molar-refractivity contribution in [2.45, 2.75) is 39.5 Å². The zero-order valence-electron chi connectivity index (χ0n) is 10.3. The van der Waals surface area contributed by atoms with E-state index in [2.05, 4.69) is 19.2 Å². The first kappa shape index (κ1) is 11.8. The zero-order chi connectivity index (χ0) is 12.4. The predicted molar refractivity (Wildman–Crippen MR) is 66.2 cm³/mol. The summed E-state index contributed by atoms with van der Waals surface area (Å²) < 4.78 is 0. The Morgan fingerprint density at radius 3 is 2.35 bits per heavy atom. The Morgan fingerprint density at radius 1 is 1.00 bits per heavy atom. The van der Waals surface area contributed by atoms with Crippen LogP contribution in [0.3, 0.4) is 0 Å². The van der Waals surface area contributed by atoms with Crippen LogP contribution in [0.5, 0.6) is 0 Å². The Kier molecular flexibility index (Phi) is 3.27. The van der Waals surface area contributed by atoms with E-state index in [9.17, 15) is 9.59 Å². The first-order chi connectivity index (χ1) is 8.19. The Morgan fingerprint density at radius 2 is 1.71 bits per heavy atom. The highest BCUT2D eigenvalue weighted by Gasteiger charge is 2.30. The summed E-state index contributed by atoms with van der Waals surface area (Å²) in [6.45, 7) is 4.21. The molecule has 0 atom stereocenters. The van der Waals surface area contributed by atoms with Crippen LogP contribution in [0.2, 0.25) is 0 Å². The first-order valence-electron chi connectivity index (χ1n) is 6.19. The van der Waals surface area contributed by atoms with Gasteiger partial charge < -0.3 is 0 Å². The van der Waals surface area contributed by atoms with Crippen LogP contribution in [-0.4, -0.2) is 11.8 Å². The molecular formula is C14H17NO2. The molecule has 1 aromatic rings. The topological polar surface area (TPSA) is 46.2 Å². The summed E-state index contributed by atoms with van der Waals surface area (Å²) in [4.78, 5) is 23.4. The Labute approximate surface area is 101 Å². The van der Waals surface area contributed by atoms with Crippen LogP contribution in [0.1, 0.15) is 58.5 Å². The molecule has 1 N–H and O–H groups in total. The number of carbonyl (C=O) groups excluding carboxylic acids is 2. The van der Waals surface area contributed by atoms with E-state index in [0.29, 0.717) is 11.1 Å². The molecule has 3 nitrogen and oxygen atoms in total. The van der Waals surface area contributed by atoms with Crippen molar-refractivity contribution in [3.63, 3.8) is 0 Å². The molecule has 2 rings (SSSR count). The van der Waals surface area contributed by atoms with Gasteiger partial charge in [-0.3, -0.25) is 14.9 Å². The summed E-state index contributed by atoms with van der Waals surface area (Å²) in [5, 5.41) is 2.37. The van der Waals surface area contributed by atoms with Crippen molar-refractivity contribution in [3.8, 4) is 0 Å². The second kappa shape index (κ2) is 4.70. The summed E-state index contributed by atoms with van der Waals surface area (Å²) in [5.74, 6) is -0.489. The Balaban J connectivity index is 2.57. The number of amides is 2. The molecule has 0 aromatic heterocycles. The van der Waals surface area contributed by atoms with Gasteiger partial charge in [0.15, 0.2) is 0 Å². The van der Waals surface area contributed by atoms with Crippen molar-refractivity contribution < 1.29 is 9.59 Å². The van der Waals surface area contributed by atoms with Crippen molar-refractivity contribution in [2.75, 3.05) is 0 Å². The van der Waals surface area contributed by atoms with Crippen molar-refractivity contribution in [3.05, 3.63) is 34.4 Å². The lowest BCUT2D eigenvalue weighted by Crippen LogP contribution is -2.20. The highest BCUT2D eigenvalue weighted by Crippen LogP contribution is 2.25. The van der Waals surface area contributed by atoms with E-state index in [-0.39, 0.29) is 11.8 Å². The first-order valence-corrected chi connectivity index (χ1v) is 6.19. The normalized spacial score (nSPS) is 13.8. The molecule has 0 spiro atoms. The number of hydrogen-bond donors (Lipinski definition) is 1. The highest BCUT2D eigenvalue weighted by molar-refractivity contribution is 6.22. The van der Waals surface area contributed by atoms with Crippen LogP contribution >= 0.6 is 0 Å². The minimum absolute atomic E-state index is 0.230. The molecule has 1 heterocycles. The van der Waals surface area contributed by atoms with Gasteiger partial charge in [0.25, 0.3) is 11.8 Å². The van der Waals surface area contributed by atoms with Crippen molar-refractivity contribution in [2.24, 2.45) is 0 Å². The van der Waals surface area contributed by atoms with E-state index in [4.69, 9.17) is 0 Å². The second-order valence-corrected chi connectivity index (χ2v) is 4.41. The minimum Gasteiger partial charge on any atom is -0.288 e. The fourth-order valence-electron chi connectivity index (χ4n) is 2.41. The molecule has 1 aromatic carbocycles. The highest BCUT2D eigenvalue weighted by atomic mass is 16.2. The lowest BCUT2D eigenvalue weighted by molar-refractivity contribution is 0.0879. The van der Waals surface area contributed by atoms with Crippen LogP contribution in [0.4, 0.5) is 0 Å². The largest absolute Gasteiger partial charge is 0.288 e. The lowest BCUT2D eigenvalue weighted by Gasteiger charge is -2.11. The van der Waals surface area contributed by atoms with E-state index in [1.807, 2.05) is 6.07 Å². The second-order valence-electron chi connectivity index (χ2n) is 4.41. The summed E-state index contributed by atoms with van der Waals surface area (Å²) in [6.07, 6.45) is 3.85. The number of carbonyl (C=O) groups is 2. The number of fused-ring (bicyclic) bond motifs is 1. The average molecular weight is 231 g/mol. The van der Waals surface area contributed by atoms with E-state index in [1.54, 1.807) is 6.07 Å². The van der Waals surface area contributed by atoms with Gasteiger partial charge in [-0.15, -0.1) is 0 Å². The van der Waals surface area contributed by atoms with Gasteiger partial charge in [0.05, 0.1) is 11.1 Å². The number of nitrogens with one attached hydrogen (secondary N) is 1. The Bertz CT molecular complexity index is 477. The van der Waals surface area contributed by atoms with Crippen molar-refractivity contribution in [1.29, 1.82) is 0 Å². The predicted octanol–water partition coefficient (Wildman–Crippen LogP) is 2.48. The van der Waals surface area contributed by atoms with Crippen LogP contribution in [0.15, 0.2) is 12.1 Å². The van der Waals surface area contributed by atoms with Gasteiger partial charge in [0.1, 0.15) is 0 Å². The van der Waals surface area contributed by atoms with E-state index in [0.717, 1.165) is 31.2 Å². The number of aryl methyl sites for hydroxylation is 1. The van der Waals surface area contributed by atoms with Gasteiger partial charge in [-0.1, -0.05) is 32.8 Å². The number of hydrogen-bond acceptors (Lipinski definition) is 2. The Hall–Kier alpha value is -1.64. The molecule has 2 amide bonds. The fraction of sp³-hybridized carbons (Fsp3) is 0.429. The molecule has 90 valence electrons. The summed E-state index contributed by atoms with van der Waals surface area (Å²) in [5.41, 5.74) is 3.43. The molecular weight excluding hydrogens is 214 g/mol. The molecule has 0 bridgehead atoms. The molecule has 0 saturated heterocycles. The quantitative estimate of drug-likeness (QED) is 0.809. The molecule has 1 aliphatic rings. The van der Waals surface area contributed by atoms with Gasteiger partial charge in [-0.05, 0) is 30.0 Å². The van der Waals surface area contributed by atoms with E-state index in [1.165, 1.54) is 5.56 Å². The zero-order valence-corrected chi connectivity index (χ0v) is 10.3. The van der Waals surface area contributed by atoms with Gasteiger partial charge in [0.2, 0.25) is 0 Å². The van der Waals surface area contributed by atoms with E-state index >= 15 is 0 Å². The third kappa shape index (κ3) is 1.97. The standard InChI is InChI=1S/C14H17NO2/c1-3-5-9-7-8-11-12(10(9)6-4-2)14(17)15-13(11)16/h7-8H,3-6H2,1-2H3,(H,15,16,17). The van der Waals surface area contributed by atoms with Gasteiger partial charge >= 0.3 is 0 Å². The molecule has 0 unspecified atom stereocenters. The maximum Gasteiger partial charge on any atom is 0.259 e. The molecule has 0 radical (unpaired) electrons. The smallest absolute Gasteiger partial charge is 0.259 e. The van der Waals surface area contributed by atoms with Crippen LogP contribution in [0, 0.1) is 0 Å². The maximum atomic E-state index is 11.8. The summed E-state index contributed by atoms with van der Waals surface area (Å²) in [6, 6.07) is 3.77. The fourth-order valence-corrected chi connectivity index (χ4v) is 2.41. The molecule has 0 aliphatic carbocycles. The lowest BCUT2D eigenvalue weighted by atomic mass is 9.92. The molecule has 0 saturated carbocycles. The third-order valence-electron chi connectivity index (χ3n) is 3.13. The van der Waals surface area contributed by atoms with E-state index < -0.39 is 0 Å². The third-order valence-corrected chi connectivity index (χ3v) is 3.13. The molecule has 1 aliphatic heterocycles. The van der Waals surface area contributed by atoms with Gasteiger partial charge in [-0.25, -0.2) is 0 Å². The van der Waals surface area contributed by atoms with Crippen molar-refractivity contribution >= 4 is 11.8 Å². The maximum absolute atomic E-state index is 11.8. The molecule has 0 fully saturated rings. The van der Waals surface area contributed by atoms with Crippen LogP contribution in [-0.2, 0) is 12.8 Å². The number of imide groups is 1. The molecule has 3 heteroatoms. The summed E-state index contributed by atoms with van der Waals surface area (Å²) >= 11 is 0. The average Bonchev–Trinajstić information content (AvgIpc) is 2.58. The number of benzene rings is 1. The monoisotopic (exact) mass is 231 g/mol. The SMILES string of the molecule is CCCc1ccc2c(c1CCC)C(=O)NC2=O. The minimum atomic E-state index is -0.259. The molecule has 17 heavy (non-hydrogen) atoms. The summed E-state index contributed by atoms with van der Waals surface area (Å²) in [7, 11) is 0. The van der Waals surface area contributed by atoms with Crippen LogP contribution in [0.25, 0.3) is 0 Å². The van der Waals surface area contributed by atoms with Crippen molar-refractivity contribution in [1.82, 2.24) is 5.32 Å². The number of rotatable bonds is 4. The van der Waals surface area contributed by atoms with Gasteiger partial charge in [-0.2, -0.15) is 0 Å². The van der Waals surface area contributed by atoms with Gasteiger partial charge in [0, 0.05) is 0 Å².